The highest BCUT2D eigenvalue weighted by atomic mass is 32.2. The van der Waals surface area contributed by atoms with Crippen LogP contribution in [0.5, 0.6) is 0 Å². The molecule has 4 aromatic rings. The molecular weight excluding hydrogens is 616 g/mol. The number of halogens is 4. The number of sulfonamides is 1. The van der Waals surface area contributed by atoms with Gasteiger partial charge in [-0.25, -0.2) is 35.8 Å². The summed E-state index contributed by atoms with van der Waals surface area (Å²) >= 11 is 0.634. The molecule has 1 saturated heterocycles. The number of amides is 2. The second kappa shape index (κ2) is 10.6. The van der Waals surface area contributed by atoms with Crippen molar-refractivity contribution in [3.63, 3.8) is 0 Å². The van der Waals surface area contributed by atoms with Crippen LogP contribution in [0.2, 0.25) is 0 Å². The third-order valence-corrected chi connectivity index (χ3v) is 9.82. The first-order chi connectivity index (χ1) is 20.4. The SMILES string of the molecule is CN(CC(F)F)C(=O)N1CCN(c2cc(S(=O)(=O)NC3(C#N)CC3)cc3c2n2ccnc2n3-c2nnc(C(F)F)s2)CC1. The Kier molecular flexibility index (Phi) is 7.17. The molecule has 6 rings (SSSR count). The number of hydrogen-bond donors (Lipinski definition) is 1. The van der Waals surface area contributed by atoms with Crippen molar-refractivity contribution in [1.29, 1.82) is 5.26 Å². The van der Waals surface area contributed by atoms with Gasteiger partial charge >= 0.3 is 6.03 Å². The first-order valence-corrected chi connectivity index (χ1v) is 15.3. The number of benzene rings is 1. The molecule has 1 N–H and O–H groups in total. The van der Waals surface area contributed by atoms with Gasteiger partial charge in [-0.05, 0) is 25.0 Å². The van der Waals surface area contributed by atoms with E-state index in [4.69, 9.17) is 0 Å². The number of aromatic nitrogens is 5. The van der Waals surface area contributed by atoms with Crippen LogP contribution in [0.1, 0.15) is 24.3 Å². The largest absolute Gasteiger partial charge is 0.366 e. The highest BCUT2D eigenvalue weighted by Crippen LogP contribution is 2.39. The number of piperazine rings is 1. The fourth-order valence-corrected chi connectivity index (χ4v) is 7.20. The summed E-state index contributed by atoms with van der Waals surface area (Å²) in [5, 5.41) is 16.5. The van der Waals surface area contributed by atoms with Crippen LogP contribution in [0, 0.1) is 11.3 Å². The standard InChI is InChI=1S/C24H24F4N10O3S2/c1-34(12-17(25)26)23(39)36-8-6-35(7-9-36)15-10-14(43(40,41)33-24(13-29)2-3-24)11-16-18(15)37-5-4-30-21(37)38(16)22-32-31-20(42-22)19(27)28/h4-5,10-11,17,19,33H,2-3,6-9,12H2,1H3. The number of imidazole rings is 2. The Bertz CT molecular complexity index is 1850. The summed E-state index contributed by atoms with van der Waals surface area (Å²) in [5.74, 6) is 0.272. The summed E-state index contributed by atoms with van der Waals surface area (Å²) in [6.45, 7) is 0.100. The summed E-state index contributed by atoms with van der Waals surface area (Å²) in [4.78, 5) is 21.1. The number of hydrogen-bond acceptors (Lipinski definition) is 9. The fraction of sp³-hybridized carbons (Fsp3) is 0.458. The molecule has 19 heteroatoms. The molecule has 43 heavy (non-hydrogen) atoms. The van der Waals surface area contributed by atoms with Gasteiger partial charge in [0, 0.05) is 45.6 Å². The summed E-state index contributed by atoms with van der Waals surface area (Å²) < 4.78 is 85.2. The molecule has 2 aliphatic rings. The summed E-state index contributed by atoms with van der Waals surface area (Å²) in [5.41, 5.74) is 0.0193. The summed E-state index contributed by atoms with van der Waals surface area (Å²) in [6.07, 6.45) is -1.69. The number of nitrogens with one attached hydrogen (secondary N) is 1. The molecule has 2 amide bonds. The monoisotopic (exact) mass is 640 g/mol. The molecule has 4 heterocycles. The zero-order chi connectivity index (χ0) is 30.7. The number of anilines is 1. The van der Waals surface area contributed by atoms with Gasteiger partial charge in [-0.3, -0.25) is 8.97 Å². The van der Waals surface area contributed by atoms with E-state index in [0.29, 0.717) is 35.4 Å². The summed E-state index contributed by atoms with van der Waals surface area (Å²) in [6, 6.07) is 4.27. The van der Waals surface area contributed by atoms with Gasteiger partial charge in [0.2, 0.25) is 20.9 Å². The predicted molar refractivity (Wildman–Crippen MR) is 146 cm³/mol. The zero-order valence-corrected chi connectivity index (χ0v) is 24.1. The lowest BCUT2D eigenvalue weighted by molar-refractivity contribution is 0.0941. The van der Waals surface area contributed by atoms with Crippen molar-refractivity contribution in [2.75, 3.05) is 44.7 Å². The first-order valence-electron chi connectivity index (χ1n) is 13.0. The van der Waals surface area contributed by atoms with E-state index in [1.54, 1.807) is 10.6 Å². The van der Waals surface area contributed by atoms with Crippen LogP contribution in [0.15, 0.2) is 29.4 Å². The van der Waals surface area contributed by atoms with E-state index in [0.717, 1.165) is 4.90 Å². The van der Waals surface area contributed by atoms with Crippen molar-refractivity contribution in [2.45, 2.75) is 36.1 Å². The Morgan fingerprint density at radius 3 is 2.51 bits per heavy atom. The van der Waals surface area contributed by atoms with Crippen molar-refractivity contribution in [3.05, 3.63) is 29.5 Å². The third kappa shape index (κ3) is 5.23. The van der Waals surface area contributed by atoms with Crippen molar-refractivity contribution < 1.29 is 30.8 Å². The van der Waals surface area contributed by atoms with Gasteiger partial charge in [-0.15, -0.1) is 10.2 Å². The minimum absolute atomic E-state index is 0.0446. The fourth-order valence-electron chi connectivity index (χ4n) is 5.07. The Morgan fingerprint density at radius 2 is 1.91 bits per heavy atom. The molecule has 3 aromatic heterocycles. The quantitative estimate of drug-likeness (QED) is 0.290. The molecule has 13 nitrogen and oxygen atoms in total. The molecule has 0 unspecified atom stereocenters. The van der Waals surface area contributed by atoms with Gasteiger partial charge in [-0.1, -0.05) is 11.3 Å². The van der Waals surface area contributed by atoms with Crippen LogP contribution in [0.4, 0.5) is 28.0 Å². The molecule has 0 atom stereocenters. The molecule has 228 valence electrons. The van der Waals surface area contributed by atoms with Crippen molar-refractivity contribution in [3.8, 4) is 11.2 Å². The second-order valence-corrected chi connectivity index (χ2v) is 13.0. The molecule has 0 spiro atoms. The lowest BCUT2D eigenvalue weighted by Gasteiger charge is -2.38. The molecular formula is C24H24F4N10O3S2. The van der Waals surface area contributed by atoms with E-state index in [-0.39, 0.29) is 47.5 Å². The number of carbonyl (C=O) groups excluding carboxylic acids is 1. The number of fused-ring (bicyclic) bond motifs is 3. The van der Waals surface area contributed by atoms with E-state index in [1.165, 1.54) is 34.8 Å². The number of carbonyl (C=O) groups is 1. The Morgan fingerprint density at radius 1 is 1.19 bits per heavy atom. The van der Waals surface area contributed by atoms with E-state index in [9.17, 15) is 36.0 Å². The normalized spacial score (nSPS) is 16.9. The van der Waals surface area contributed by atoms with Crippen LogP contribution < -0.4 is 9.62 Å². The van der Waals surface area contributed by atoms with Gasteiger partial charge in [0.15, 0.2) is 5.01 Å². The molecule has 1 aliphatic heterocycles. The maximum absolute atomic E-state index is 13.6. The minimum Gasteiger partial charge on any atom is -0.366 e. The number of nitrogens with zero attached hydrogens (tertiary/aromatic N) is 9. The van der Waals surface area contributed by atoms with E-state index < -0.39 is 46.0 Å². The van der Waals surface area contributed by atoms with E-state index >= 15 is 0 Å². The maximum Gasteiger partial charge on any atom is 0.320 e. The molecule has 0 radical (unpaired) electrons. The van der Waals surface area contributed by atoms with Gasteiger partial charge in [0.05, 0.1) is 34.2 Å². The Hall–Kier alpha value is -4.02. The second-order valence-electron chi connectivity index (χ2n) is 10.3. The maximum atomic E-state index is 13.6. The van der Waals surface area contributed by atoms with Crippen LogP contribution in [-0.2, 0) is 10.0 Å². The average Bonchev–Trinajstić information content (AvgIpc) is 3.30. The highest BCUT2D eigenvalue weighted by Gasteiger charge is 2.47. The van der Waals surface area contributed by atoms with Crippen molar-refractivity contribution in [1.82, 2.24) is 38.7 Å². The number of urea groups is 1. The van der Waals surface area contributed by atoms with Gasteiger partial charge < -0.3 is 14.7 Å². The van der Waals surface area contributed by atoms with Crippen LogP contribution in [0.25, 0.3) is 21.9 Å². The Balaban J connectivity index is 1.46. The molecule has 1 saturated carbocycles. The van der Waals surface area contributed by atoms with Gasteiger partial charge in [0.25, 0.3) is 12.9 Å². The molecule has 0 bridgehead atoms. The van der Waals surface area contributed by atoms with Crippen molar-refractivity contribution in [2.24, 2.45) is 0 Å². The van der Waals surface area contributed by atoms with Crippen LogP contribution >= 0.6 is 11.3 Å². The number of alkyl halides is 4. The van der Waals surface area contributed by atoms with Crippen LogP contribution in [0.3, 0.4) is 0 Å². The molecule has 2 fully saturated rings. The number of nitriles is 1. The lowest BCUT2D eigenvalue weighted by atomic mass is 10.2. The predicted octanol–water partition coefficient (Wildman–Crippen LogP) is 2.84. The topological polar surface area (TPSA) is 145 Å². The highest BCUT2D eigenvalue weighted by molar-refractivity contribution is 7.89. The first kappa shape index (κ1) is 29.1. The zero-order valence-electron chi connectivity index (χ0n) is 22.5. The Labute approximate surface area is 246 Å². The van der Waals surface area contributed by atoms with E-state index in [1.807, 2.05) is 11.0 Å². The average molecular weight is 641 g/mol. The minimum atomic E-state index is -4.23. The van der Waals surface area contributed by atoms with Gasteiger partial charge in [0.1, 0.15) is 5.54 Å². The van der Waals surface area contributed by atoms with E-state index in [2.05, 4.69) is 19.9 Å². The summed E-state index contributed by atoms with van der Waals surface area (Å²) in [7, 11) is -2.94. The molecule has 1 aliphatic carbocycles. The number of rotatable bonds is 8. The van der Waals surface area contributed by atoms with Gasteiger partial charge in [-0.2, -0.15) is 9.98 Å². The lowest BCUT2D eigenvalue weighted by Crippen LogP contribution is -2.52. The molecule has 1 aromatic carbocycles. The smallest absolute Gasteiger partial charge is 0.320 e. The third-order valence-electron chi connectivity index (χ3n) is 7.39. The van der Waals surface area contributed by atoms with Crippen molar-refractivity contribution >= 4 is 49.9 Å². The van der Waals surface area contributed by atoms with Crippen LogP contribution in [-0.4, -0.2) is 100 Å².